The molecule has 0 atom stereocenters. The molecule has 21 heavy (non-hydrogen) atoms. The Morgan fingerprint density at radius 2 is 2.24 bits per heavy atom. The molecule has 0 saturated heterocycles. The molecule has 0 amide bonds. The van der Waals surface area contributed by atoms with Gasteiger partial charge in [-0.1, -0.05) is 0 Å². The second-order valence-corrected chi connectivity index (χ2v) is 4.57. The molecule has 1 aromatic carbocycles. The maximum atomic E-state index is 13.4. The number of ether oxygens (including phenoxy) is 2. The van der Waals surface area contributed by atoms with Gasteiger partial charge >= 0.3 is 0 Å². The van der Waals surface area contributed by atoms with Crippen molar-refractivity contribution in [3.63, 3.8) is 0 Å². The zero-order chi connectivity index (χ0) is 15.1. The highest BCUT2D eigenvalue weighted by molar-refractivity contribution is 5.34. The number of aromatic nitrogens is 3. The van der Waals surface area contributed by atoms with E-state index in [0.717, 1.165) is 5.56 Å². The number of rotatable bonds is 8. The number of aryl methyl sites for hydroxylation is 1. The second-order valence-electron chi connectivity index (χ2n) is 4.57. The molecule has 1 heterocycles. The first-order valence-electron chi connectivity index (χ1n) is 6.64. The van der Waals surface area contributed by atoms with E-state index in [1.807, 2.05) is 7.05 Å². The smallest absolute Gasteiger partial charge is 0.170 e. The van der Waals surface area contributed by atoms with E-state index in [1.165, 1.54) is 12.1 Å². The topological polar surface area (TPSA) is 61.2 Å². The lowest BCUT2D eigenvalue weighted by atomic mass is 10.2. The summed E-state index contributed by atoms with van der Waals surface area (Å²) in [7, 11) is 3.48. The maximum Gasteiger partial charge on any atom is 0.170 e. The van der Waals surface area contributed by atoms with Crippen LogP contribution in [-0.2, 0) is 24.9 Å². The molecule has 0 radical (unpaired) electrons. The van der Waals surface area contributed by atoms with E-state index in [4.69, 9.17) is 9.47 Å². The predicted octanol–water partition coefficient (Wildman–Crippen LogP) is 1.27. The summed E-state index contributed by atoms with van der Waals surface area (Å²) >= 11 is 0. The largest absolute Gasteiger partial charge is 0.485 e. The van der Waals surface area contributed by atoms with Crippen LogP contribution in [0.1, 0.15) is 11.4 Å². The van der Waals surface area contributed by atoms with Crippen molar-refractivity contribution in [2.45, 2.75) is 13.2 Å². The Labute approximate surface area is 122 Å². The molecule has 0 unspecified atom stereocenters. The van der Waals surface area contributed by atoms with E-state index in [0.29, 0.717) is 31.3 Å². The van der Waals surface area contributed by atoms with Crippen molar-refractivity contribution in [3.8, 4) is 5.75 Å². The quantitative estimate of drug-likeness (QED) is 0.743. The van der Waals surface area contributed by atoms with Crippen LogP contribution >= 0.6 is 0 Å². The molecule has 0 fully saturated rings. The lowest BCUT2D eigenvalue weighted by Crippen LogP contribution is -2.19. The van der Waals surface area contributed by atoms with E-state index >= 15 is 0 Å². The molecule has 0 bridgehead atoms. The van der Waals surface area contributed by atoms with Crippen molar-refractivity contribution in [3.05, 3.63) is 41.7 Å². The summed E-state index contributed by atoms with van der Waals surface area (Å²) in [6.07, 6.45) is 1.61. The lowest BCUT2D eigenvalue weighted by Gasteiger charge is -2.12. The minimum absolute atomic E-state index is 0.285. The average molecular weight is 294 g/mol. The van der Waals surface area contributed by atoms with Crippen molar-refractivity contribution < 1.29 is 13.9 Å². The van der Waals surface area contributed by atoms with Crippen LogP contribution in [0.5, 0.6) is 5.75 Å². The highest BCUT2D eigenvalue weighted by Gasteiger charge is 2.08. The second kappa shape index (κ2) is 7.70. The standard InChI is InChI=1S/C14H19FN4O2/c1-19-10-17-18-14(19)9-21-13-4-3-12(15)7-11(13)8-16-5-6-20-2/h3-4,7,10,16H,5-6,8-9H2,1-2H3. The molecule has 0 saturated carbocycles. The third-order valence-electron chi connectivity index (χ3n) is 2.98. The van der Waals surface area contributed by atoms with Crippen LogP contribution in [-0.4, -0.2) is 35.0 Å². The van der Waals surface area contributed by atoms with Gasteiger partial charge in [0, 0.05) is 32.8 Å². The Morgan fingerprint density at radius 1 is 1.38 bits per heavy atom. The summed E-state index contributed by atoms with van der Waals surface area (Å²) in [5.74, 6) is 1.05. The van der Waals surface area contributed by atoms with Crippen LogP contribution in [0.4, 0.5) is 4.39 Å². The first-order chi connectivity index (χ1) is 10.2. The zero-order valence-corrected chi connectivity index (χ0v) is 12.2. The fraction of sp³-hybridized carbons (Fsp3) is 0.429. The number of methoxy groups -OCH3 is 1. The van der Waals surface area contributed by atoms with Crippen molar-refractivity contribution >= 4 is 0 Å². The molecule has 1 aromatic heterocycles. The van der Waals surface area contributed by atoms with Gasteiger partial charge in [-0.3, -0.25) is 0 Å². The van der Waals surface area contributed by atoms with Gasteiger partial charge in [0.1, 0.15) is 24.5 Å². The van der Waals surface area contributed by atoms with Crippen molar-refractivity contribution in [1.29, 1.82) is 0 Å². The van der Waals surface area contributed by atoms with Gasteiger partial charge in [0.2, 0.25) is 0 Å². The van der Waals surface area contributed by atoms with Gasteiger partial charge in [-0.25, -0.2) is 4.39 Å². The summed E-state index contributed by atoms with van der Waals surface area (Å²) in [5, 5.41) is 10.9. The van der Waals surface area contributed by atoms with E-state index < -0.39 is 0 Å². The van der Waals surface area contributed by atoms with Gasteiger partial charge in [-0.2, -0.15) is 0 Å². The monoisotopic (exact) mass is 294 g/mol. The van der Waals surface area contributed by atoms with Crippen LogP contribution in [0, 0.1) is 5.82 Å². The third-order valence-corrected chi connectivity index (χ3v) is 2.98. The van der Waals surface area contributed by atoms with Crippen LogP contribution in [0.25, 0.3) is 0 Å². The Kier molecular flexibility index (Phi) is 5.65. The zero-order valence-electron chi connectivity index (χ0n) is 12.2. The van der Waals surface area contributed by atoms with Crippen LogP contribution in [0.3, 0.4) is 0 Å². The van der Waals surface area contributed by atoms with Gasteiger partial charge in [-0.05, 0) is 18.2 Å². The fourth-order valence-corrected chi connectivity index (χ4v) is 1.80. The number of hydrogen-bond donors (Lipinski definition) is 1. The Morgan fingerprint density at radius 3 is 2.95 bits per heavy atom. The molecule has 0 spiro atoms. The summed E-state index contributed by atoms with van der Waals surface area (Å²) in [6.45, 7) is 2.09. The Balaban J connectivity index is 1.99. The molecule has 0 aliphatic heterocycles. The number of benzene rings is 1. The molecule has 1 N–H and O–H groups in total. The summed E-state index contributed by atoms with van der Waals surface area (Å²) in [5.41, 5.74) is 0.758. The summed E-state index contributed by atoms with van der Waals surface area (Å²) in [6, 6.07) is 4.47. The molecular formula is C14H19FN4O2. The van der Waals surface area contributed by atoms with E-state index in [-0.39, 0.29) is 12.4 Å². The molecule has 7 heteroatoms. The Hall–Kier alpha value is -1.99. The van der Waals surface area contributed by atoms with E-state index in [9.17, 15) is 4.39 Å². The van der Waals surface area contributed by atoms with Gasteiger partial charge in [0.25, 0.3) is 0 Å². The first kappa shape index (κ1) is 15.4. The van der Waals surface area contributed by atoms with Crippen LogP contribution in [0.2, 0.25) is 0 Å². The number of hydrogen-bond acceptors (Lipinski definition) is 5. The molecule has 6 nitrogen and oxygen atoms in total. The van der Waals surface area contributed by atoms with E-state index in [2.05, 4.69) is 15.5 Å². The highest BCUT2D eigenvalue weighted by atomic mass is 19.1. The summed E-state index contributed by atoms with van der Waals surface area (Å²) < 4.78 is 25.8. The number of halogens is 1. The molecule has 0 aliphatic carbocycles. The minimum atomic E-state index is -0.287. The van der Waals surface area contributed by atoms with Crippen molar-refractivity contribution in [1.82, 2.24) is 20.1 Å². The van der Waals surface area contributed by atoms with Crippen molar-refractivity contribution in [2.24, 2.45) is 7.05 Å². The van der Waals surface area contributed by atoms with Crippen molar-refractivity contribution in [2.75, 3.05) is 20.3 Å². The molecule has 114 valence electrons. The molecular weight excluding hydrogens is 275 g/mol. The predicted molar refractivity (Wildman–Crippen MR) is 75.3 cm³/mol. The molecule has 2 rings (SSSR count). The fourth-order valence-electron chi connectivity index (χ4n) is 1.80. The van der Waals surface area contributed by atoms with E-state index in [1.54, 1.807) is 24.1 Å². The summed E-state index contributed by atoms with van der Waals surface area (Å²) in [4.78, 5) is 0. The lowest BCUT2D eigenvalue weighted by molar-refractivity contribution is 0.199. The number of nitrogens with one attached hydrogen (secondary N) is 1. The normalized spacial score (nSPS) is 10.8. The van der Waals surface area contributed by atoms with Crippen LogP contribution in [0.15, 0.2) is 24.5 Å². The Bertz CT molecular complexity index is 574. The number of nitrogens with zero attached hydrogens (tertiary/aromatic N) is 3. The maximum absolute atomic E-state index is 13.4. The third kappa shape index (κ3) is 4.51. The van der Waals surface area contributed by atoms with Gasteiger partial charge in [0.15, 0.2) is 5.82 Å². The average Bonchev–Trinajstić information content (AvgIpc) is 2.88. The molecule has 2 aromatic rings. The molecule has 0 aliphatic rings. The van der Waals surface area contributed by atoms with Gasteiger partial charge in [0.05, 0.1) is 6.61 Å². The van der Waals surface area contributed by atoms with Crippen LogP contribution < -0.4 is 10.1 Å². The van der Waals surface area contributed by atoms with Gasteiger partial charge in [-0.15, -0.1) is 10.2 Å². The minimum Gasteiger partial charge on any atom is -0.485 e. The van der Waals surface area contributed by atoms with Gasteiger partial charge < -0.3 is 19.4 Å². The first-order valence-corrected chi connectivity index (χ1v) is 6.64. The SMILES string of the molecule is COCCNCc1cc(F)ccc1OCc1nncn1C. The highest BCUT2D eigenvalue weighted by Crippen LogP contribution is 2.20.